The number of nitrogens with one attached hydrogen (secondary N) is 1. The summed E-state index contributed by atoms with van der Waals surface area (Å²) in [6, 6.07) is 14.0. The van der Waals surface area contributed by atoms with E-state index in [2.05, 4.69) is 5.32 Å². The van der Waals surface area contributed by atoms with Crippen molar-refractivity contribution in [2.24, 2.45) is 0 Å². The Labute approximate surface area is 199 Å². The molecular weight excluding hydrogens is 442 g/mol. The van der Waals surface area contributed by atoms with Gasteiger partial charge in [0, 0.05) is 49.7 Å². The fourth-order valence-corrected chi connectivity index (χ4v) is 4.05. The van der Waals surface area contributed by atoms with Gasteiger partial charge in [0.15, 0.2) is 0 Å². The summed E-state index contributed by atoms with van der Waals surface area (Å²) in [4.78, 5) is 41.4. The number of carbonyl (C=O) groups excluding carboxylic acids is 3. The number of nitrogens with zero attached hydrogens (tertiary/aromatic N) is 2. The Kier molecular flexibility index (Phi) is 8.86. The molecule has 0 aliphatic carbocycles. The van der Waals surface area contributed by atoms with Crippen molar-refractivity contribution in [3.05, 3.63) is 70.2 Å². The molecule has 7 nitrogen and oxygen atoms in total. The third kappa shape index (κ3) is 6.79. The Morgan fingerprint density at radius 2 is 1.76 bits per heavy atom. The quantitative estimate of drug-likeness (QED) is 0.598. The van der Waals surface area contributed by atoms with E-state index in [0.717, 1.165) is 11.1 Å². The molecule has 33 heavy (non-hydrogen) atoms. The molecule has 3 rings (SSSR count). The molecular formula is C25H30ClN3O4. The van der Waals surface area contributed by atoms with E-state index in [0.29, 0.717) is 43.4 Å². The second kappa shape index (κ2) is 11.8. The van der Waals surface area contributed by atoms with E-state index in [1.54, 1.807) is 30.0 Å². The van der Waals surface area contributed by atoms with Crippen LogP contribution >= 0.6 is 11.6 Å². The van der Waals surface area contributed by atoms with Crippen LogP contribution in [-0.4, -0.2) is 66.9 Å². The van der Waals surface area contributed by atoms with Gasteiger partial charge in [-0.15, -0.1) is 0 Å². The molecule has 1 N–H and O–H groups in total. The van der Waals surface area contributed by atoms with Crippen LogP contribution in [0.2, 0.25) is 5.02 Å². The normalized spacial score (nSPS) is 15.1. The SMILES string of the molecule is CCOC(=O)[C@H](c1ccc(Cl)cc1)N1CCN(C(=O)CCNC(=O)c2cccc(C)c2)CC1. The molecule has 2 aromatic carbocycles. The molecule has 2 amide bonds. The maximum absolute atomic E-state index is 12.7. The second-order valence-electron chi connectivity index (χ2n) is 8.00. The summed E-state index contributed by atoms with van der Waals surface area (Å²) < 4.78 is 5.30. The number of benzene rings is 2. The third-order valence-corrected chi connectivity index (χ3v) is 5.88. The van der Waals surface area contributed by atoms with E-state index >= 15 is 0 Å². The molecule has 0 bridgehead atoms. The minimum Gasteiger partial charge on any atom is -0.465 e. The van der Waals surface area contributed by atoms with Crippen molar-refractivity contribution in [2.45, 2.75) is 26.3 Å². The Morgan fingerprint density at radius 3 is 2.39 bits per heavy atom. The fourth-order valence-electron chi connectivity index (χ4n) is 3.92. The number of esters is 1. The molecule has 0 spiro atoms. The Bertz CT molecular complexity index is 972. The number of rotatable bonds is 8. The zero-order valence-corrected chi connectivity index (χ0v) is 19.8. The molecule has 1 heterocycles. The van der Waals surface area contributed by atoms with Crippen LogP contribution < -0.4 is 5.32 Å². The van der Waals surface area contributed by atoms with Crippen LogP contribution in [0.15, 0.2) is 48.5 Å². The smallest absolute Gasteiger partial charge is 0.328 e. The van der Waals surface area contributed by atoms with Crippen molar-refractivity contribution >= 4 is 29.4 Å². The van der Waals surface area contributed by atoms with Crippen molar-refractivity contribution in [1.29, 1.82) is 0 Å². The molecule has 176 valence electrons. The van der Waals surface area contributed by atoms with Gasteiger partial charge in [-0.3, -0.25) is 14.5 Å². The van der Waals surface area contributed by atoms with Gasteiger partial charge < -0.3 is 15.0 Å². The van der Waals surface area contributed by atoms with E-state index < -0.39 is 6.04 Å². The van der Waals surface area contributed by atoms with Crippen LogP contribution in [-0.2, 0) is 14.3 Å². The lowest BCUT2D eigenvalue weighted by Gasteiger charge is -2.38. The largest absolute Gasteiger partial charge is 0.465 e. The first-order valence-electron chi connectivity index (χ1n) is 11.2. The van der Waals surface area contributed by atoms with Crippen LogP contribution in [0.4, 0.5) is 0 Å². The number of halogens is 1. The van der Waals surface area contributed by atoms with Gasteiger partial charge in [0.2, 0.25) is 5.91 Å². The maximum Gasteiger partial charge on any atom is 0.328 e. The Morgan fingerprint density at radius 1 is 1.06 bits per heavy atom. The highest BCUT2D eigenvalue weighted by Gasteiger charge is 2.32. The standard InChI is InChI=1S/C25H30ClN3O4/c1-3-33-25(32)23(19-7-9-21(26)10-8-19)29-15-13-28(14-16-29)22(30)11-12-27-24(31)20-6-4-5-18(2)17-20/h4-10,17,23H,3,11-16H2,1-2H3,(H,27,31)/t23-/m0/s1. The zero-order chi connectivity index (χ0) is 23.8. The number of ether oxygens (including phenoxy) is 1. The summed E-state index contributed by atoms with van der Waals surface area (Å²) in [5.74, 6) is -0.506. The average molecular weight is 472 g/mol. The first-order chi connectivity index (χ1) is 15.9. The summed E-state index contributed by atoms with van der Waals surface area (Å²) in [5, 5.41) is 3.41. The number of carbonyl (C=O) groups is 3. The number of aryl methyl sites for hydroxylation is 1. The number of hydrogen-bond donors (Lipinski definition) is 1. The van der Waals surface area contributed by atoms with Gasteiger partial charge in [0.05, 0.1) is 6.61 Å². The van der Waals surface area contributed by atoms with Crippen molar-refractivity contribution in [2.75, 3.05) is 39.3 Å². The minimum absolute atomic E-state index is 0.0154. The summed E-state index contributed by atoms with van der Waals surface area (Å²) in [6.45, 7) is 6.41. The van der Waals surface area contributed by atoms with Crippen molar-refractivity contribution in [3.8, 4) is 0 Å². The van der Waals surface area contributed by atoms with Gasteiger partial charge in [-0.2, -0.15) is 0 Å². The highest BCUT2D eigenvalue weighted by Crippen LogP contribution is 2.25. The number of hydrogen-bond acceptors (Lipinski definition) is 5. The molecule has 1 atom stereocenters. The van der Waals surface area contributed by atoms with Crippen molar-refractivity contribution < 1.29 is 19.1 Å². The zero-order valence-electron chi connectivity index (χ0n) is 19.1. The van der Waals surface area contributed by atoms with Gasteiger partial charge in [-0.05, 0) is 43.7 Å². The number of amides is 2. The van der Waals surface area contributed by atoms with Gasteiger partial charge in [-0.25, -0.2) is 4.79 Å². The van der Waals surface area contributed by atoms with E-state index in [1.165, 1.54) is 0 Å². The highest BCUT2D eigenvalue weighted by atomic mass is 35.5. The molecule has 0 saturated carbocycles. The van der Waals surface area contributed by atoms with Crippen LogP contribution in [0.3, 0.4) is 0 Å². The molecule has 1 saturated heterocycles. The highest BCUT2D eigenvalue weighted by molar-refractivity contribution is 6.30. The summed E-state index contributed by atoms with van der Waals surface area (Å²) >= 11 is 6.00. The molecule has 1 fully saturated rings. The van der Waals surface area contributed by atoms with Gasteiger partial charge in [0.1, 0.15) is 6.04 Å². The van der Waals surface area contributed by atoms with Crippen LogP contribution in [0.25, 0.3) is 0 Å². The topological polar surface area (TPSA) is 79.0 Å². The van der Waals surface area contributed by atoms with E-state index in [4.69, 9.17) is 16.3 Å². The van der Waals surface area contributed by atoms with Gasteiger partial charge >= 0.3 is 5.97 Å². The Hall–Kier alpha value is -2.90. The summed E-state index contributed by atoms with van der Waals surface area (Å²) in [7, 11) is 0. The monoisotopic (exact) mass is 471 g/mol. The van der Waals surface area contributed by atoms with E-state index in [9.17, 15) is 14.4 Å². The van der Waals surface area contributed by atoms with Crippen molar-refractivity contribution in [1.82, 2.24) is 15.1 Å². The lowest BCUT2D eigenvalue weighted by molar-refractivity contribution is -0.151. The predicted octanol–water partition coefficient (Wildman–Crippen LogP) is 3.22. The van der Waals surface area contributed by atoms with E-state index in [-0.39, 0.29) is 30.7 Å². The molecule has 1 aliphatic rings. The van der Waals surface area contributed by atoms with Gasteiger partial charge in [0.25, 0.3) is 5.91 Å². The molecule has 0 aromatic heterocycles. The van der Waals surface area contributed by atoms with Crippen LogP contribution in [0.1, 0.15) is 40.9 Å². The molecule has 0 unspecified atom stereocenters. The summed E-state index contributed by atoms with van der Waals surface area (Å²) in [5.41, 5.74) is 2.41. The first kappa shape index (κ1) is 24.7. The molecule has 2 aromatic rings. The van der Waals surface area contributed by atoms with E-state index in [1.807, 2.05) is 42.2 Å². The predicted molar refractivity (Wildman–Crippen MR) is 127 cm³/mol. The van der Waals surface area contributed by atoms with Crippen LogP contribution in [0, 0.1) is 6.92 Å². The van der Waals surface area contributed by atoms with Crippen LogP contribution in [0.5, 0.6) is 0 Å². The average Bonchev–Trinajstić information content (AvgIpc) is 2.81. The molecule has 0 radical (unpaired) electrons. The Balaban J connectivity index is 1.51. The fraction of sp³-hybridized carbons (Fsp3) is 0.400. The maximum atomic E-state index is 12.7. The second-order valence-corrected chi connectivity index (χ2v) is 8.43. The minimum atomic E-state index is -0.534. The third-order valence-electron chi connectivity index (χ3n) is 5.63. The molecule has 1 aliphatic heterocycles. The summed E-state index contributed by atoms with van der Waals surface area (Å²) in [6.07, 6.45) is 0.232. The molecule has 8 heteroatoms. The first-order valence-corrected chi connectivity index (χ1v) is 11.6. The van der Waals surface area contributed by atoms with Crippen molar-refractivity contribution in [3.63, 3.8) is 0 Å². The van der Waals surface area contributed by atoms with Gasteiger partial charge in [-0.1, -0.05) is 41.4 Å². The lowest BCUT2D eigenvalue weighted by atomic mass is 10.0. The lowest BCUT2D eigenvalue weighted by Crippen LogP contribution is -2.51. The number of piperazine rings is 1.